The molecule has 3 aromatic heterocycles. The van der Waals surface area contributed by atoms with Crippen molar-refractivity contribution in [1.82, 2.24) is 15.0 Å². The molecule has 0 saturated carbocycles. The highest BCUT2D eigenvalue weighted by Gasteiger charge is 2.12. The fraction of sp³-hybridized carbons (Fsp3) is 0.0625. The first-order chi connectivity index (χ1) is 11.6. The Balaban J connectivity index is 1.71. The van der Waals surface area contributed by atoms with Gasteiger partial charge in [-0.2, -0.15) is 0 Å². The number of nitrogens with zero attached hydrogens (tertiary/aromatic N) is 3. The Morgan fingerprint density at radius 3 is 2.62 bits per heavy atom. The van der Waals surface area contributed by atoms with Gasteiger partial charge in [0.2, 0.25) is 0 Å². The van der Waals surface area contributed by atoms with Crippen LogP contribution in [-0.4, -0.2) is 26.8 Å². The molecule has 0 spiro atoms. The molecular formula is C16H13N5O3. The molecule has 0 aliphatic heterocycles. The minimum absolute atomic E-state index is 0.189. The number of nitrogens with one attached hydrogen (secondary N) is 2. The minimum atomic E-state index is -0.400. The number of carbonyl (C=O) groups excluding carboxylic acids is 2. The lowest BCUT2D eigenvalue weighted by atomic mass is 10.2. The molecule has 0 saturated heterocycles. The van der Waals surface area contributed by atoms with Gasteiger partial charge in [0.1, 0.15) is 11.5 Å². The summed E-state index contributed by atoms with van der Waals surface area (Å²) in [6.45, 7) is 1.79. The van der Waals surface area contributed by atoms with Crippen LogP contribution in [0.4, 0.5) is 11.5 Å². The highest BCUT2D eigenvalue weighted by atomic mass is 16.3. The number of amides is 2. The second-order valence-electron chi connectivity index (χ2n) is 4.86. The second kappa shape index (κ2) is 6.69. The summed E-state index contributed by atoms with van der Waals surface area (Å²) in [6, 6.07) is 4.82. The molecule has 0 bridgehead atoms. The van der Waals surface area contributed by atoms with Gasteiger partial charge in [-0.3, -0.25) is 14.6 Å². The Labute approximate surface area is 137 Å². The highest BCUT2D eigenvalue weighted by Crippen LogP contribution is 2.18. The summed E-state index contributed by atoms with van der Waals surface area (Å²) >= 11 is 0. The van der Waals surface area contributed by atoms with Crippen molar-refractivity contribution in [1.29, 1.82) is 0 Å². The third-order valence-corrected chi connectivity index (χ3v) is 3.14. The second-order valence-corrected chi connectivity index (χ2v) is 4.86. The van der Waals surface area contributed by atoms with Crippen molar-refractivity contribution in [2.75, 3.05) is 10.6 Å². The van der Waals surface area contributed by atoms with E-state index in [0.717, 1.165) is 5.56 Å². The Hall–Kier alpha value is -3.55. The molecule has 0 aromatic carbocycles. The molecule has 0 fully saturated rings. The summed E-state index contributed by atoms with van der Waals surface area (Å²) in [6.07, 6.45) is 7.17. The van der Waals surface area contributed by atoms with Crippen LogP contribution in [0.3, 0.4) is 0 Å². The van der Waals surface area contributed by atoms with E-state index in [9.17, 15) is 9.59 Å². The molecule has 3 heterocycles. The van der Waals surface area contributed by atoms with Crippen LogP contribution in [0, 0.1) is 6.92 Å². The number of anilines is 2. The normalized spacial score (nSPS) is 10.2. The maximum Gasteiger partial charge on any atom is 0.292 e. The van der Waals surface area contributed by atoms with E-state index in [4.69, 9.17) is 4.42 Å². The molecule has 3 rings (SSSR count). The van der Waals surface area contributed by atoms with Gasteiger partial charge < -0.3 is 15.1 Å². The van der Waals surface area contributed by atoms with Gasteiger partial charge in [-0.1, -0.05) is 0 Å². The van der Waals surface area contributed by atoms with Crippen molar-refractivity contribution in [2.24, 2.45) is 0 Å². The van der Waals surface area contributed by atoms with Crippen molar-refractivity contribution in [3.05, 3.63) is 66.3 Å². The minimum Gasteiger partial charge on any atom is -0.459 e. The van der Waals surface area contributed by atoms with Gasteiger partial charge >= 0.3 is 0 Å². The Bertz CT molecular complexity index is 863. The predicted molar refractivity (Wildman–Crippen MR) is 85.6 cm³/mol. The number of pyridine rings is 1. The Morgan fingerprint density at radius 1 is 1.08 bits per heavy atom. The van der Waals surface area contributed by atoms with Crippen LogP contribution in [0.1, 0.15) is 26.6 Å². The lowest BCUT2D eigenvalue weighted by Gasteiger charge is -2.09. The highest BCUT2D eigenvalue weighted by molar-refractivity contribution is 6.03. The van der Waals surface area contributed by atoms with E-state index >= 15 is 0 Å². The van der Waals surface area contributed by atoms with Crippen LogP contribution in [0.15, 0.2) is 53.7 Å². The molecule has 0 aliphatic carbocycles. The fourth-order valence-electron chi connectivity index (χ4n) is 1.94. The molecule has 0 atom stereocenters. The van der Waals surface area contributed by atoms with Crippen molar-refractivity contribution >= 4 is 23.3 Å². The summed E-state index contributed by atoms with van der Waals surface area (Å²) in [5.41, 5.74) is 1.45. The maximum absolute atomic E-state index is 12.1. The maximum atomic E-state index is 12.1. The summed E-state index contributed by atoms with van der Waals surface area (Å²) < 4.78 is 5.01. The number of hydrogen-bond acceptors (Lipinski definition) is 6. The molecule has 0 unspecified atom stereocenters. The van der Waals surface area contributed by atoms with Gasteiger partial charge in [0.15, 0.2) is 5.76 Å². The number of carbonyl (C=O) groups is 2. The summed E-state index contributed by atoms with van der Waals surface area (Å²) in [5, 5.41) is 5.32. The number of rotatable bonds is 4. The van der Waals surface area contributed by atoms with E-state index in [-0.39, 0.29) is 17.4 Å². The predicted octanol–water partition coefficient (Wildman–Crippen LogP) is 2.28. The zero-order chi connectivity index (χ0) is 16.9. The van der Waals surface area contributed by atoms with Crippen molar-refractivity contribution in [2.45, 2.75) is 6.92 Å². The van der Waals surface area contributed by atoms with Gasteiger partial charge in [0, 0.05) is 12.4 Å². The van der Waals surface area contributed by atoms with Gasteiger partial charge in [-0.25, -0.2) is 9.97 Å². The van der Waals surface area contributed by atoms with E-state index in [2.05, 4.69) is 25.6 Å². The first-order valence-corrected chi connectivity index (χ1v) is 7.02. The van der Waals surface area contributed by atoms with Gasteiger partial charge in [-0.15, -0.1) is 0 Å². The van der Waals surface area contributed by atoms with Crippen LogP contribution >= 0.6 is 0 Å². The van der Waals surface area contributed by atoms with E-state index < -0.39 is 5.91 Å². The van der Waals surface area contributed by atoms with E-state index in [1.165, 1.54) is 31.1 Å². The lowest BCUT2D eigenvalue weighted by Crippen LogP contribution is -2.16. The van der Waals surface area contributed by atoms with Gasteiger partial charge in [-0.05, 0) is 30.7 Å². The van der Waals surface area contributed by atoms with Crippen LogP contribution in [-0.2, 0) is 0 Å². The zero-order valence-electron chi connectivity index (χ0n) is 12.7. The smallest absolute Gasteiger partial charge is 0.292 e. The van der Waals surface area contributed by atoms with E-state index in [0.29, 0.717) is 11.5 Å². The number of hydrogen-bond donors (Lipinski definition) is 2. The number of aryl methyl sites for hydroxylation is 1. The SMILES string of the molecule is Cc1cc(NC(=O)c2ccco2)ncc1NC(=O)c1cnccn1. The molecule has 8 heteroatoms. The molecule has 0 radical (unpaired) electrons. The average Bonchev–Trinajstić information content (AvgIpc) is 3.13. The van der Waals surface area contributed by atoms with Gasteiger partial charge in [0.25, 0.3) is 11.8 Å². The van der Waals surface area contributed by atoms with E-state index in [1.807, 2.05) is 0 Å². The first-order valence-electron chi connectivity index (χ1n) is 7.02. The molecule has 2 amide bonds. The Kier molecular flexibility index (Phi) is 4.28. The van der Waals surface area contributed by atoms with Crippen molar-refractivity contribution in [3.63, 3.8) is 0 Å². The van der Waals surface area contributed by atoms with E-state index in [1.54, 1.807) is 25.1 Å². The van der Waals surface area contributed by atoms with Crippen molar-refractivity contribution < 1.29 is 14.0 Å². The quantitative estimate of drug-likeness (QED) is 0.762. The van der Waals surface area contributed by atoms with Crippen LogP contribution in [0.25, 0.3) is 0 Å². The molecule has 3 aromatic rings. The molecule has 2 N–H and O–H groups in total. The fourth-order valence-corrected chi connectivity index (χ4v) is 1.94. The van der Waals surface area contributed by atoms with Crippen LogP contribution in [0.2, 0.25) is 0 Å². The third kappa shape index (κ3) is 3.43. The lowest BCUT2D eigenvalue weighted by molar-refractivity contribution is 0.0993. The topological polar surface area (TPSA) is 110 Å². The number of aromatic nitrogens is 3. The first kappa shape index (κ1) is 15.3. The summed E-state index contributed by atoms with van der Waals surface area (Å²) in [7, 11) is 0. The van der Waals surface area contributed by atoms with Crippen LogP contribution < -0.4 is 10.6 Å². The molecular weight excluding hydrogens is 310 g/mol. The molecule has 0 aliphatic rings. The third-order valence-electron chi connectivity index (χ3n) is 3.14. The van der Waals surface area contributed by atoms with Gasteiger partial charge in [0.05, 0.1) is 24.3 Å². The van der Waals surface area contributed by atoms with Crippen molar-refractivity contribution in [3.8, 4) is 0 Å². The van der Waals surface area contributed by atoms with Crippen LogP contribution in [0.5, 0.6) is 0 Å². The standard InChI is InChI=1S/C16H13N5O3/c1-10-7-14(21-16(23)13-3-2-6-24-13)19-9-11(10)20-15(22)12-8-17-4-5-18-12/h2-9H,1H3,(H,20,22)(H,19,21,23). The summed E-state index contributed by atoms with van der Waals surface area (Å²) in [5.74, 6) is -0.246. The number of furan rings is 1. The largest absolute Gasteiger partial charge is 0.459 e. The molecule has 120 valence electrons. The summed E-state index contributed by atoms with van der Waals surface area (Å²) in [4.78, 5) is 35.9. The average molecular weight is 323 g/mol. The molecule has 8 nitrogen and oxygen atoms in total. The Morgan fingerprint density at radius 2 is 1.96 bits per heavy atom. The zero-order valence-corrected chi connectivity index (χ0v) is 12.7. The molecule has 24 heavy (non-hydrogen) atoms. The monoisotopic (exact) mass is 323 g/mol.